The second-order valence-corrected chi connectivity index (χ2v) is 6.20. The van der Waals surface area contributed by atoms with Crippen LogP contribution in [0.25, 0.3) is 0 Å². The molecule has 1 aliphatic heterocycles. The van der Waals surface area contributed by atoms with Crippen LogP contribution in [-0.4, -0.2) is 41.7 Å². The summed E-state index contributed by atoms with van der Waals surface area (Å²) in [5.74, 6) is 0.228. The third-order valence-corrected chi connectivity index (χ3v) is 4.61. The van der Waals surface area contributed by atoms with E-state index in [1.807, 2.05) is 0 Å². The molecular formula is C18H26FNO3. The number of hydrogen-bond donors (Lipinski definition) is 1. The molecule has 2 unspecified atom stereocenters. The lowest BCUT2D eigenvalue weighted by molar-refractivity contribution is -0.145. The fourth-order valence-corrected chi connectivity index (χ4v) is 3.12. The molecule has 2 atom stereocenters. The molecule has 4 nitrogen and oxygen atoms in total. The summed E-state index contributed by atoms with van der Waals surface area (Å²) in [6.45, 7) is 4.36. The maximum absolute atomic E-state index is 12.8. The zero-order chi connectivity index (χ0) is 16.7. The number of likely N-dealkylation sites (tertiary alicyclic amines) is 1. The van der Waals surface area contributed by atoms with Gasteiger partial charge in [-0.05, 0) is 69.0 Å². The van der Waals surface area contributed by atoms with Crippen LogP contribution in [0.15, 0.2) is 24.3 Å². The molecule has 0 aliphatic carbocycles. The van der Waals surface area contributed by atoms with Crippen molar-refractivity contribution in [3.8, 4) is 5.75 Å². The minimum atomic E-state index is -0.703. The van der Waals surface area contributed by atoms with Crippen LogP contribution in [0.4, 0.5) is 4.39 Å². The molecule has 1 aromatic carbocycles. The standard InChI is InChI=1S/C18H26FNO3/c1-2-14-9-11-20(17(13-14)18(21)22)10-3-4-12-23-16-7-5-15(19)6-8-16/h5-8,14,17H,2-4,9-13H2,1H3,(H,21,22). The summed E-state index contributed by atoms with van der Waals surface area (Å²) in [6, 6.07) is 5.65. The Hall–Kier alpha value is -1.62. The van der Waals surface area contributed by atoms with Crippen molar-refractivity contribution in [3.05, 3.63) is 30.1 Å². The lowest BCUT2D eigenvalue weighted by Crippen LogP contribution is -2.47. The molecule has 0 saturated carbocycles. The van der Waals surface area contributed by atoms with Crippen molar-refractivity contribution in [1.82, 2.24) is 4.90 Å². The van der Waals surface area contributed by atoms with Gasteiger partial charge in [0.05, 0.1) is 6.61 Å². The van der Waals surface area contributed by atoms with Crippen LogP contribution >= 0.6 is 0 Å². The first kappa shape index (κ1) is 17.7. The molecule has 1 heterocycles. The van der Waals surface area contributed by atoms with E-state index in [4.69, 9.17) is 4.74 Å². The van der Waals surface area contributed by atoms with Gasteiger partial charge in [0.15, 0.2) is 0 Å². The van der Waals surface area contributed by atoms with Crippen molar-refractivity contribution >= 4 is 5.97 Å². The van der Waals surface area contributed by atoms with Crippen LogP contribution < -0.4 is 4.74 Å². The third kappa shape index (κ3) is 5.50. The number of carbonyl (C=O) groups is 1. The molecule has 0 spiro atoms. The molecule has 1 aliphatic rings. The van der Waals surface area contributed by atoms with Gasteiger partial charge in [-0.2, -0.15) is 0 Å². The highest BCUT2D eigenvalue weighted by atomic mass is 19.1. The van der Waals surface area contributed by atoms with E-state index >= 15 is 0 Å². The van der Waals surface area contributed by atoms with Crippen LogP contribution in [-0.2, 0) is 4.79 Å². The Morgan fingerprint density at radius 1 is 1.35 bits per heavy atom. The number of benzene rings is 1. The topological polar surface area (TPSA) is 49.8 Å². The SMILES string of the molecule is CCC1CCN(CCCCOc2ccc(F)cc2)C(C(=O)O)C1. The zero-order valence-corrected chi connectivity index (χ0v) is 13.7. The Morgan fingerprint density at radius 2 is 2.09 bits per heavy atom. The third-order valence-electron chi connectivity index (χ3n) is 4.61. The van der Waals surface area contributed by atoms with Crippen molar-refractivity contribution in [3.63, 3.8) is 0 Å². The zero-order valence-electron chi connectivity index (χ0n) is 13.7. The molecule has 5 heteroatoms. The van der Waals surface area contributed by atoms with E-state index in [0.29, 0.717) is 18.3 Å². The molecule has 1 saturated heterocycles. The number of ether oxygens (including phenoxy) is 1. The Kier molecular flexibility index (Phi) is 6.84. The highest BCUT2D eigenvalue weighted by Gasteiger charge is 2.32. The smallest absolute Gasteiger partial charge is 0.320 e. The number of piperidine rings is 1. The Balaban J connectivity index is 1.68. The summed E-state index contributed by atoms with van der Waals surface area (Å²) < 4.78 is 18.3. The summed E-state index contributed by atoms with van der Waals surface area (Å²) in [5.41, 5.74) is 0. The summed E-state index contributed by atoms with van der Waals surface area (Å²) in [7, 11) is 0. The van der Waals surface area contributed by atoms with Crippen molar-refractivity contribution in [2.45, 2.75) is 45.1 Å². The monoisotopic (exact) mass is 323 g/mol. The van der Waals surface area contributed by atoms with E-state index in [0.717, 1.165) is 45.2 Å². The number of hydrogen-bond acceptors (Lipinski definition) is 3. The number of aliphatic carboxylic acids is 1. The van der Waals surface area contributed by atoms with Crippen molar-refractivity contribution in [2.75, 3.05) is 19.7 Å². The minimum Gasteiger partial charge on any atom is -0.494 e. The summed E-state index contributed by atoms with van der Waals surface area (Å²) >= 11 is 0. The van der Waals surface area contributed by atoms with E-state index in [-0.39, 0.29) is 11.9 Å². The molecule has 23 heavy (non-hydrogen) atoms. The van der Waals surface area contributed by atoms with Gasteiger partial charge in [0.2, 0.25) is 0 Å². The van der Waals surface area contributed by atoms with Gasteiger partial charge >= 0.3 is 5.97 Å². The van der Waals surface area contributed by atoms with Crippen LogP contribution in [0.5, 0.6) is 5.75 Å². The number of unbranched alkanes of at least 4 members (excludes halogenated alkanes) is 1. The van der Waals surface area contributed by atoms with E-state index in [9.17, 15) is 14.3 Å². The van der Waals surface area contributed by atoms with Crippen LogP contribution in [0.3, 0.4) is 0 Å². The van der Waals surface area contributed by atoms with Gasteiger partial charge in [0, 0.05) is 0 Å². The van der Waals surface area contributed by atoms with Crippen molar-refractivity contribution in [2.24, 2.45) is 5.92 Å². The Morgan fingerprint density at radius 3 is 2.74 bits per heavy atom. The number of carboxylic acid groups (broad SMARTS) is 1. The Labute approximate surface area is 137 Å². The van der Waals surface area contributed by atoms with Gasteiger partial charge in [-0.3, -0.25) is 9.69 Å². The van der Waals surface area contributed by atoms with Gasteiger partial charge in [-0.1, -0.05) is 13.3 Å². The van der Waals surface area contributed by atoms with E-state index in [1.165, 1.54) is 12.1 Å². The fourth-order valence-electron chi connectivity index (χ4n) is 3.12. The first-order valence-corrected chi connectivity index (χ1v) is 8.45. The molecular weight excluding hydrogens is 297 g/mol. The molecule has 1 fully saturated rings. The molecule has 128 valence electrons. The summed E-state index contributed by atoms with van der Waals surface area (Å²) in [6.07, 6.45) is 4.67. The fraction of sp³-hybridized carbons (Fsp3) is 0.611. The minimum absolute atomic E-state index is 0.271. The van der Waals surface area contributed by atoms with E-state index < -0.39 is 5.97 Å². The van der Waals surface area contributed by atoms with Crippen LogP contribution in [0.1, 0.15) is 39.0 Å². The highest BCUT2D eigenvalue weighted by Crippen LogP contribution is 2.25. The average Bonchev–Trinajstić information content (AvgIpc) is 2.56. The highest BCUT2D eigenvalue weighted by molar-refractivity contribution is 5.73. The summed E-state index contributed by atoms with van der Waals surface area (Å²) in [5, 5.41) is 9.40. The molecule has 1 aromatic rings. The van der Waals surface area contributed by atoms with E-state index in [1.54, 1.807) is 12.1 Å². The molecule has 0 radical (unpaired) electrons. The van der Waals surface area contributed by atoms with Gasteiger partial charge in [-0.25, -0.2) is 4.39 Å². The summed E-state index contributed by atoms with van der Waals surface area (Å²) in [4.78, 5) is 13.5. The van der Waals surface area contributed by atoms with Gasteiger partial charge in [0.25, 0.3) is 0 Å². The predicted molar refractivity (Wildman–Crippen MR) is 87.1 cm³/mol. The van der Waals surface area contributed by atoms with Crippen molar-refractivity contribution in [1.29, 1.82) is 0 Å². The number of rotatable bonds is 8. The maximum Gasteiger partial charge on any atom is 0.320 e. The van der Waals surface area contributed by atoms with Gasteiger partial charge < -0.3 is 9.84 Å². The van der Waals surface area contributed by atoms with Gasteiger partial charge in [0.1, 0.15) is 17.6 Å². The lowest BCUT2D eigenvalue weighted by atomic mass is 9.89. The average molecular weight is 323 g/mol. The van der Waals surface area contributed by atoms with Crippen LogP contribution in [0.2, 0.25) is 0 Å². The second-order valence-electron chi connectivity index (χ2n) is 6.20. The molecule has 0 bridgehead atoms. The number of carboxylic acids is 1. The quantitative estimate of drug-likeness (QED) is 0.743. The molecule has 0 amide bonds. The lowest BCUT2D eigenvalue weighted by Gasteiger charge is -2.36. The first-order chi connectivity index (χ1) is 11.1. The largest absolute Gasteiger partial charge is 0.494 e. The maximum atomic E-state index is 12.8. The molecule has 0 aromatic heterocycles. The van der Waals surface area contributed by atoms with Crippen LogP contribution in [0, 0.1) is 11.7 Å². The molecule has 2 rings (SSSR count). The first-order valence-electron chi connectivity index (χ1n) is 8.45. The van der Waals surface area contributed by atoms with Gasteiger partial charge in [-0.15, -0.1) is 0 Å². The number of halogens is 1. The second kappa shape index (κ2) is 8.87. The Bertz CT molecular complexity index is 492. The number of nitrogens with zero attached hydrogens (tertiary/aromatic N) is 1. The van der Waals surface area contributed by atoms with E-state index in [2.05, 4.69) is 11.8 Å². The normalized spacial score (nSPS) is 22.0. The molecule has 1 N–H and O–H groups in total. The predicted octanol–water partition coefficient (Wildman–Crippen LogP) is 3.56. The van der Waals surface area contributed by atoms with Crippen molar-refractivity contribution < 1.29 is 19.0 Å².